The molecule has 1 fully saturated rings. The Hall–Kier alpha value is -1.19. The van der Waals surface area contributed by atoms with E-state index in [1.807, 2.05) is 0 Å². The summed E-state index contributed by atoms with van der Waals surface area (Å²) in [7, 11) is -0.918. The molecule has 134 valence electrons. The van der Waals surface area contributed by atoms with E-state index in [1.165, 1.54) is 37.3 Å². The molecule has 1 amide bonds. The zero-order valence-corrected chi connectivity index (χ0v) is 15.3. The van der Waals surface area contributed by atoms with Gasteiger partial charge in [-0.25, -0.2) is 13.1 Å². The maximum absolute atomic E-state index is 12.5. The molecular weight excluding hydrogens is 356 g/mol. The van der Waals surface area contributed by atoms with Crippen molar-refractivity contribution in [2.24, 2.45) is 0 Å². The van der Waals surface area contributed by atoms with Crippen LogP contribution in [-0.2, 0) is 25.3 Å². The first-order valence-electron chi connectivity index (χ1n) is 7.43. The van der Waals surface area contributed by atoms with Crippen molar-refractivity contribution in [2.75, 3.05) is 20.7 Å². The fourth-order valence-electron chi connectivity index (χ4n) is 2.51. The third kappa shape index (κ3) is 3.57. The van der Waals surface area contributed by atoms with Crippen molar-refractivity contribution in [3.63, 3.8) is 0 Å². The first kappa shape index (κ1) is 19.1. The zero-order valence-electron chi connectivity index (χ0n) is 13.7. The summed E-state index contributed by atoms with van der Waals surface area (Å²) in [6, 6.07) is 4.23. The van der Waals surface area contributed by atoms with Crippen LogP contribution in [0.3, 0.4) is 0 Å². The number of nitrogens with zero attached hydrogens (tertiary/aromatic N) is 1. The maximum atomic E-state index is 12.5. The van der Waals surface area contributed by atoms with Crippen LogP contribution in [0.5, 0.6) is 0 Å². The Labute approximate surface area is 146 Å². The standard InChI is InChI=1S/C15H21ClN2O5S/c1-10(23-3)9-17-24(21,22)13-8-11(4-5-12(13)16)15(20)7-6-14(19)18(15)2/h4-5,8,10,17,20H,6-7,9H2,1-3H3. The van der Waals surface area contributed by atoms with Gasteiger partial charge >= 0.3 is 0 Å². The Kier molecular flexibility index (Phi) is 5.56. The third-order valence-corrected chi connectivity index (χ3v) is 6.17. The van der Waals surface area contributed by atoms with Crippen molar-refractivity contribution < 1.29 is 23.1 Å². The Morgan fingerprint density at radius 2 is 2.17 bits per heavy atom. The number of amides is 1. The number of methoxy groups -OCH3 is 1. The van der Waals surface area contributed by atoms with Crippen molar-refractivity contribution in [1.82, 2.24) is 9.62 Å². The van der Waals surface area contributed by atoms with Crippen LogP contribution in [0.1, 0.15) is 25.3 Å². The topological polar surface area (TPSA) is 95.9 Å². The molecule has 0 aromatic heterocycles. The molecule has 2 atom stereocenters. The second-order valence-corrected chi connectivity index (χ2v) is 7.96. The Morgan fingerprint density at radius 1 is 1.50 bits per heavy atom. The lowest BCUT2D eigenvalue weighted by molar-refractivity contribution is -0.142. The van der Waals surface area contributed by atoms with Crippen LogP contribution in [0.4, 0.5) is 0 Å². The van der Waals surface area contributed by atoms with Crippen LogP contribution in [0.15, 0.2) is 23.1 Å². The van der Waals surface area contributed by atoms with Gasteiger partial charge in [0.25, 0.3) is 0 Å². The van der Waals surface area contributed by atoms with Gasteiger partial charge in [-0.05, 0) is 19.1 Å². The number of hydrogen-bond acceptors (Lipinski definition) is 5. The summed E-state index contributed by atoms with van der Waals surface area (Å²) in [4.78, 5) is 12.8. The highest BCUT2D eigenvalue weighted by Gasteiger charge is 2.43. The number of hydrogen-bond donors (Lipinski definition) is 2. The van der Waals surface area contributed by atoms with Crippen molar-refractivity contribution in [1.29, 1.82) is 0 Å². The Balaban J connectivity index is 2.37. The summed E-state index contributed by atoms with van der Waals surface area (Å²) in [5.74, 6) is -0.205. The molecule has 2 N–H and O–H groups in total. The molecule has 2 unspecified atom stereocenters. The highest BCUT2D eigenvalue weighted by Crippen LogP contribution is 2.37. The summed E-state index contributed by atoms with van der Waals surface area (Å²) in [6.07, 6.45) is 0.0864. The van der Waals surface area contributed by atoms with Gasteiger partial charge in [-0.3, -0.25) is 4.79 Å². The molecule has 0 bridgehead atoms. The minimum absolute atomic E-state index is 0.0342. The predicted octanol–water partition coefficient (Wildman–Crippen LogP) is 1.05. The fourth-order valence-corrected chi connectivity index (χ4v) is 4.15. The van der Waals surface area contributed by atoms with Gasteiger partial charge in [-0.1, -0.05) is 17.7 Å². The van der Waals surface area contributed by atoms with E-state index in [0.717, 1.165) is 0 Å². The number of aliphatic hydroxyl groups is 1. The average molecular weight is 377 g/mol. The molecule has 1 saturated heterocycles. The molecule has 0 aliphatic carbocycles. The molecule has 9 heteroatoms. The van der Waals surface area contributed by atoms with Gasteiger partial charge in [-0.15, -0.1) is 0 Å². The quantitative estimate of drug-likeness (QED) is 0.773. The summed E-state index contributed by atoms with van der Waals surface area (Å²) < 4.78 is 32.4. The molecule has 0 radical (unpaired) electrons. The number of nitrogens with one attached hydrogen (secondary N) is 1. The molecule has 1 aromatic rings. The van der Waals surface area contributed by atoms with E-state index in [4.69, 9.17) is 16.3 Å². The number of benzene rings is 1. The second kappa shape index (κ2) is 6.97. The van der Waals surface area contributed by atoms with Gasteiger partial charge in [0, 0.05) is 39.1 Å². The summed E-state index contributed by atoms with van der Waals surface area (Å²) in [5.41, 5.74) is -1.23. The van der Waals surface area contributed by atoms with Crippen molar-refractivity contribution in [3.05, 3.63) is 28.8 Å². The molecule has 24 heavy (non-hydrogen) atoms. The average Bonchev–Trinajstić information content (AvgIpc) is 2.81. The zero-order chi connectivity index (χ0) is 18.1. The lowest BCUT2D eigenvalue weighted by atomic mass is 10.0. The summed E-state index contributed by atoms with van der Waals surface area (Å²) in [6.45, 7) is 1.81. The number of rotatable bonds is 6. The second-order valence-electron chi connectivity index (χ2n) is 5.81. The van der Waals surface area contributed by atoms with Crippen LogP contribution >= 0.6 is 11.6 Å². The Morgan fingerprint density at radius 3 is 2.71 bits per heavy atom. The molecule has 7 nitrogen and oxygen atoms in total. The van der Waals surface area contributed by atoms with E-state index in [-0.39, 0.29) is 41.3 Å². The van der Waals surface area contributed by atoms with Crippen molar-refractivity contribution in [3.8, 4) is 0 Å². The fraction of sp³-hybridized carbons (Fsp3) is 0.533. The van der Waals surface area contributed by atoms with Crippen molar-refractivity contribution in [2.45, 2.75) is 36.5 Å². The van der Waals surface area contributed by atoms with E-state index in [0.29, 0.717) is 5.56 Å². The number of carbonyl (C=O) groups excluding carboxylic acids is 1. The van der Waals surface area contributed by atoms with Crippen LogP contribution in [0.2, 0.25) is 5.02 Å². The van der Waals surface area contributed by atoms with E-state index < -0.39 is 15.7 Å². The number of carbonyl (C=O) groups is 1. The summed E-state index contributed by atoms with van der Waals surface area (Å²) in [5, 5.41) is 10.8. The minimum Gasteiger partial charge on any atom is -0.380 e. The molecular formula is C15H21ClN2O5S. The van der Waals surface area contributed by atoms with E-state index in [9.17, 15) is 18.3 Å². The number of sulfonamides is 1. The summed E-state index contributed by atoms with van der Waals surface area (Å²) >= 11 is 6.03. The predicted molar refractivity (Wildman–Crippen MR) is 89.0 cm³/mol. The molecule has 1 aromatic carbocycles. The maximum Gasteiger partial charge on any atom is 0.242 e. The largest absolute Gasteiger partial charge is 0.380 e. The lowest BCUT2D eigenvalue weighted by Crippen LogP contribution is -2.40. The first-order chi connectivity index (χ1) is 11.1. The van der Waals surface area contributed by atoms with Crippen LogP contribution in [0.25, 0.3) is 0 Å². The number of ether oxygens (including phenoxy) is 1. The van der Waals surface area contributed by atoms with E-state index in [1.54, 1.807) is 6.92 Å². The number of halogens is 1. The highest BCUT2D eigenvalue weighted by atomic mass is 35.5. The van der Waals surface area contributed by atoms with Crippen molar-refractivity contribution >= 4 is 27.5 Å². The minimum atomic E-state index is -3.88. The van der Waals surface area contributed by atoms with Gasteiger partial charge in [0.15, 0.2) is 5.72 Å². The monoisotopic (exact) mass is 376 g/mol. The highest BCUT2D eigenvalue weighted by molar-refractivity contribution is 7.89. The Bertz CT molecular complexity index is 739. The van der Waals surface area contributed by atoms with Crippen LogP contribution < -0.4 is 4.72 Å². The van der Waals surface area contributed by atoms with Gasteiger partial charge < -0.3 is 14.7 Å². The number of likely N-dealkylation sites (tertiary alicyclic amines) is 1. The van der Waals surface area contributed by atoms with Gasteiger partial charge in [0.1, 0.15) is 4.90 Å². The molecule has 0 saturated carbocycles. The van der Waals surface area contributed by atoms with Gasteiger partial charge in [0.2, 0.25) is 15.9 Å². The molecule has 1 aliphatic rings. The van der Waals surface area contributed by atoms with Gasteiger partial charge in [0.05, 0.1) is 11.1 Å². The van der Waals surface area contributed by atoms with Crippen LogP contribution in [0, 0.1) is 0 Å². The SMILES string of the molecule is COC(C)CNS(=O)(=O)c1cc(C2(O)CCC(=O)N2C)ccc1Cl. The lowest BCUT2D eigenvalue weighted by Gasteiger charge is -2.31. The first-order valence-corrected chi connectivity index (χ1v) is 9.29. The molecule has 2 rings (SSSR count). The molecule has 1 heterocycles. The third-order valence-electron chi connectivity index (χ3n) is 4.26. The normalized spacial score (nSPS) is 22.9. The smallest absolute Gasteiger partial charge is 0.242 e. The van der Waals surface area contributed by atoms with Gasteiger partial charge in [-0.2, -0.15) is 0 Å². The van der Waals surface area contributed by atoms with Crippen LogP contribution in [-0.4, -0.2) is 51.1 Å². The molecule has 1 aliphatic heterocycles. The van der Waals surface area contributed by atoms with E-state index in [2.05, 4.69) is 4.72 Å². The molecule has 0 spiro atoms. The van der Waals surface area contributed by atoms with E-state index >= 15 is 0 Å².